The Kier molecular flexibility index (Phi) is 3.29. The number of hydrogen-bond acceptors (Lipinski definition) is 3. The summed E-state index contributed by atoms with van der Waals surface area (Å²) in [6.45, 7) is 0.488. The molecule has 0 spiro atoms. The minimum absolute atomic E-state index is 0.0368. The van der Waals surface area contributed by atoms with E-state index < -0.39 is 0 Å². The smallest absolute Gasteiger partial charge is 0.229 e. The molecule has 0 bridgehead atoms. The van der Waals surface area contributed by atoms with Gasteiger partial charge in [-0.15, -0.1) is 0 Å². The molecule has 4 heteroatoms. The van der Waals surface area contributed by atoms with E-state index in [1.54, 1.807) is 12.4 Å². The Morgan fingerprint density at radius 1 is 1.12 bits per heavy atom. The Labute approximate surface area is 94.3 Å². The molecular weight excluding hydrogens is 204 g/mol. The van der Waals surface area contributed by atoms with Gasteiger partial charge in [0, 0.05) is 31.8 Å². The molecule has 1 saturated heterocycles. The lowest BCUT2D eigenvalue weighted by Gasteiger charge is -2.24. The van der Waals surface area contributed by atoms with Gasteiger partial charge in [0.05, 0.1) is 0 Å². The zero-order valence-corrected chi connectivity index (χ0v) is 9.06. The summed E-state index contributed by atoms with van der Waals surface area (Å²) in [4.78, 5) is 28.3. The monoisotopic (exact) mass is 218 g/mol. The first-order valence-corrected chi connectivity index (χ1v) is 5.49. The highest BCUT2D eigenvalue weighted by molar-refractivity contribution is 5.97. The predicted octanol–water partition coefficient (Wildman–Crippen LogP) is 1.16. The van der Waals surface area contributed by atoms with E-state index in [9.17, 15) is 9.59 Å². The van der Waals surface area contributed by atoms with Crippen LogP contribution in [0.2, 0.25) is 0 Å². The Morgan fingerprint density at radius 3 is 2.38 bits per heavy atom. The van der Waals surface area contributed by atoms with Gasteiger partial charge in [-0.3, -0.25) is 19.5 Å². The van der Waals surface area contributed by atoms with E-state index in [0.29, 0.717) is 32.2 Å². The molecule has 2 heterocycles. The number of amides is 2. The quantitative estimate of drug-likeness (QED) is 0.715. The minimum atomic E-state index is -0.0368. The molecule has 84 valence electrons. The van der Waals surface area contributed by atoms with Crippen LogP contribution in [0.1, 0.15) is 24.8 Å². The molecule has 0 N–H and O–H groups in total. The number of piperidine rings is 1. The zero-order chi connectivity index (χ0) is 11.4. The van der Waals surface area contributed by atoms with Gasteiger partial charge in [0.15, 0.2) is 0 Å². The summed E-state index contributed by atoms with van der Waals surface area (Å²) in [6.07, 6.45) is 5.85. The highest BCUT2D eigenvalue weighted by Gasteiger charge is 2.24. The topological polar surface area (TPSA) is 50.3 Å². The minimum Gasteiger partial charge on any atom is -0.282 e. The lowest BCUT2D eigenvalue weighted by atomic mass is 10.1. The van der Waals surface area contributed by atoms with Crippen LogP contribution in [-0.2, 0) is 16.0 Å². The molecule has 1 aromatic rings. The first-order valence-electron chi connectivity index (χ1n) is 5.49. The van der Waals surface area contributed by atoms with E-state index in [0.717, 1.165) is 5.56 Å². The van der Waals surface area contributed by atoms with Crippen molar-refractivity contribution < 1.29 is 9.59 Å². The van der Waals surface area contributed by atoms with Crippen molar-refractivity contribution in [3.05, 3.63) is 30.1 Å². The Hall–Kier alpha value is -1.71. The summed E-state index contributed by atoms with van der Waals surface area (Å²) in [5, 5.41) is 0. The van der Waals surface area contributed by atoms with Gasteiger partial charge in [0.1, 0.15) is 0 Å². The third kappa shape index (κ3) is 2.45. The van der Waals surface area contributed by atoms with Gasteiger partial charge in [-0.1, -0.05) is 0 Å². The summed E-state index contributed by atoms with van der Waals surface area (Å²) in [7, 11) is 0. The van der Waals surface area contributed by atoms with Crippen LogP contribution in [0.25, 0.3) is 0 Å². The Morgan fingerprint density at radius 2 is 1.75 bits per heavy atom. The molecule has 4 nitrogen and oxygen atoms in total. The lowest BCUT2D eigenvalue weighted by Crippen LogP contribution is -2.41. The number of hydrogen-bond donors (Lipinski definition) is 0. The van der Waals surface area contributed by atoms with Crippen molar-refractivity contribution in [2.45, 2.75) is 25.7 Å². The van der Waals surface area contributed by atoms with Crippen molar-refractivity contribution in [2.75, 3.05) is 6.54 Å². The summed E-state index contributed by atoms with van der Waals surface area (Å²) in [5.74, 6) is -0.0735. The van der Waals surface area contributed by atoms with Crippen LogP contribution in [0.15, 0.2) is 24.5 Å². The average Bonchev–Trinajstić information content (AvgIpc) is 2.30. The largest absolute Gasteiger partial charge is 0.282 e. The van der Waals surface area contributed by atoms with E-state index in [1.807, 2.05) is 12.1 Å². The third-order valence-electron chi connectivity index (χ3n) is 2.76. The maximum atomic E-state index is 11.5. The molecule has 1 aromatic heterocycles. The van der Waals surface area contributed by atoms with E-state index >= 15 is 0 Å². The molecule has 0 unspecified atom stereocenters. The molecular formula is C12H14N2O2. The highest BCUT2D eigenvalue weighted by Crippen LogP contribution is 2.12. The molecule has 0 aromatic carbocycles. The zero-order valence-electron chi connectivity index (χ0n) is 9.06. The second kappa shape index (κ2) is 4.88. The van der Waals surface area contributed by atoms with Crippen LogP contribution in [0.4, 0.5) is 0 Å². The van der Waals surface area contributed by atoms with Gasteiger partial charge in [-0.05, 0) is 30.5 Å². The number of imide groups is 1. The summed E-state index contributed by atoms with van der Waals surface area (Å²) in [6, 6.07) is 3.80. The Bertz CT molecular complexity index is 373. The van der Waals surface area contributed by atoms with Crippen LogP contribution < -0.4 is 0 Å². The lowest BCUT2D eigenvalue weighted by molar-refractivity contribution is -0.147. The summed E-state index contributed by atoms with van der Waals surface area (Å²) >= 11 is 0. The number of nitrogens with zero attached hydrogens (tertiary/aromatic N) is 2. The van der Waals surface area contributed by atoms with Crippen LogP contribution in [0.5, 0.6) is 0 Å². The third-order valence-corrected chi connectivity index (χ3v) is 2.76. The number of likely N-dealkylation sites (tertiary alicyclic amines) is 1. The van der Waals surface area contributed by atoms with Gasteiger partial charge in [0.25, 0.3) is 0 Å². The fourth-order valence-corrected chi connectivity index (χ4v) is 1.84. The van der Waals surface area contributed by atoms with E-state index in [1.165, 1.54) is 4.90 Å². The van der Waals surface area contributed by atoms with Crippen LogP contribution in [-0.4, -0.2) is 28.2 Å². The summed E-state index contributed by atoms with van der Waals surface area (Å²) < 4.78 is 0. The SMILES string of the molecule is O=C1CCCC(=O)N1CCc1ccncc1. The van der Waals surface area contributed by atoms with Crippen LogP contribution in [0, 0.1) is 0 Å². The standard InChI is InChI=1S/C12H14N2O2/c15-11-2-1-3-12(16)14(11)9-6-10-4-7-13-8-5-10/h4-5,7-8H,1-3,6,9H2. The van der Waals surface area contributed by atoms with E-state index in [-0.39, 0.29) is 11.8 Å². The molecule has 0 radical (unpaired) electrons. The number of aromatic nitrogens is 1. The van der Waals surface area contributed by atoms with Crippen LogP contribution in [0.3, 0.4) is 0 Å². The molecule has 0 aliphatic carbocycles. The number of rotatable bonds is 3. The van der Waals surface area contributed by atoms with Gasteiger partial charge in [-0.2, -0.15) is 0 Å². The molecule has 2 rings (SSSR count). The molecule has 16 heavy (non-hydrogen) atoms. The van der Waals surface area contributed by atoms with Crippen molar-refractivity contribution in [2.24, 2.45) is 0 Å². The molecule has 0 atom stereocenters. The fourth-order valence-electron chi connectivity index (χ4n) is 1.84. The van der Waals surface area contributed by atoms with Crippen molar-refractivity contribution in [1.82, 2.24) is 9.88 Å². The maximum Gasteiger partial charge on any atom is 0.229 e. The number of carbonyl (C=O) groups is 2. The second-order valence-electron chi connectivity index (χ2n) is 3.90. The first-order chi connectivity index (χ1) is 7.77. The first kappa shape index (κ1) is 10.8. The van der Waals surface area contributed by atoms with Crippen LogP contribution >= 0.6 is 0 Å². The van der Waals surface area contributed by atoms with E-state index in [4.69, 9.17) is 0 Å². The Balaban J connectivity index is 1.94. The number of pyridine rings is 1. The molecule has 1 aliphatic heterocycles. The van der Waals surface area contributed by atoms with Gasteiger partial charge in [0.2, 0.25) is 11.8 Å². The van der Waals surface area contributed by atoms with Gasteiger partial charge >= 0.3 is 0 Å². The van der Waals surface area contributed by atoms with Gasteiger partial charge in [-0.25, -0.2) is 0 Å². The molecule has 1 fully saturated rings. The fraction of sp³-hybridized carbons (Fsp3) is 0.417. The predicted molar refractivity (Wildman–Crippen MR) is 58.5 cm³/mol. The molecule has 1 aliphatic rings. The van der Waals surface area contributed by atoms with Crippen molar-refractivity contribution >= 4 is 11.8 Å². The summed E-state index contributed by atoms with van der Waals surface area (Å²) in [5.41, 5.74) is 1.10. The van der Waals surface area contributed by atoms with E-state index in [2.05, 4.69) is 4.98 Å². The molecule has 2 amide bonds. The van der Waals surface area contributed by atoms with Crippen molar-refractivity contribution in [3.63, 3.8) is 0 Å². The second-order valence-corrected chi connectivity index (χ2v) is 3.90. The highest BCUT2D eigenvalue weighted by atomic mass is 16.2. The van der Waals surface area contributed by atoms with Crippen molar-refractivity contribution in [1.29, 1.82) is 0 Å². The number of carbonyl (C=O) groups excluding carboxylic acids is 2. The average molecular weight is 218 g/mol. The van der Waals surface area contributed by atoms with Gasteiger partial charge < -0.3 is 0 Å². The van der Waals surface area contributed by atoms with Crippen molar-refractivity contribution in [3.8, 4) is 0 Å². The molecule has 0 saturated carbocycles. The normalized spacial score (nSPS) is 16.6. The maximum absolute atomic E-state index is 11.5.